The summed E-state index contributed by atoms with van der Waals surface area (Å²) in [7, 11) is 0. The molecule has 0 heterocycles. The molecule has 2 aromatic rings. The number of aryl methyl sites for hydroxylation is 1. The first-order valence-electron chi connectivity index (χ1n) is 6.18. The number of carbonyl (C=O) groups excluding carboxylic acids is 1. The predicted molar refractivity (Wildman–Crippen MR) is 78.5 cm³/mol. The molecule has 0 saturated heterocycles. The lowest BCUT2D eigenvalue weighted by Crippen LogP contribution is -2.17. The Kier molecular flexibility index (Phi) is 4.81. The van der Waals surface area contributed by atoms with Crippen molar-refractivity contribution < 1.29 is 14.3 Å². The number of carbonyl (C=O) groups is 1. The Hall–Kier alpha value is -2.51. The summed E-state index contributed by atoms with van der Waals surface area (Å²) >= 11 is 5.94. The van der Waals surface area contributed by atoms with Gasteiger partial charge in [0.2, 0.25) is 0 Å². The highest BCUT2D eigenvalue weighted by atomic mass is 35.5. The number of nitriles is 1. The van der Waals surface area contributed by atoms with E-state index in [0.29, 0.717) is 22.1 Å². The first-order valence-corrected chi connectivity index (χ1v) is 6.56. The summed E-state index contributed by atoms with van der Waals surface area (Å²) in [5.41, 5.74) is 1.46. The smallest absolute Gasteiger partial charge is 0.349 e. The summed E-state index contributed by atoms with van der Waals surface area (Å²) in [6.07, 6.45) is 0. The molecule has 0 aromatic heterocycles. The molecule has 0 fully saturated rings. The number of halogens is 1. The zero-order valence-electron chi connectivity index (χ0n) is 11.3. The van der Waals surface area contributed by atoms with Gasteiger partial charge in [0.1, 0.15) is 11.5 Å². The fourth-order valence-corrected chi connectivity index (χ4v) is 1.76. The molecule has 106 valence electrons. The Labute approximate surface area is 127 Å². The van der Waals surface area contributed by atoms with Crippen molar-refractivity contribution in [3.05, 3.63) is 58.6 Å². The highest BCUT2D eigenvalue weighted by molar-refractivity contribution is 6.32. The van der Waals surface area contributed by atoms with E-state index in [4.69, 9.17) is 26.3 Å². The number of hydrogen-bond donors (Lipinski definition) is 0. The lowest BCUT2D eigenvalue weighted by Gasteiger charge is -2.08. The largest absolute Gasteiger partial charge is 0.482 e. The van der Waals surface area contributed by atoms with Crippen LogP contribution in [0, 0.1) is 18.3 Å². The van der Waals surface area contributed by atoms with Gasteiger partial charge in [0.05, 0.1) is 16.7 Å². The molecule has 0 amide bonds. The number of rotatable bonds is 4. The lowest BCUT2D eigenvalue weighted by atomic mass is 10.2. The second-order valence-electron chi connectivity index (χ2n) is 4.33. The van der Waals surface area contributed by atoms with E-state index in [2.05, 4.69) is 0 Å². The predicted octanol–water partition coefficient (Wildman–Crippen LogP) is 3.50. The standard InChI is InChI=1S/C16H12ClNO3/c1-11-2-7-14(17)15(8-11)21-16(19)10-20-13-5-3-12(9-18)4-6-13/h2-8H,10H2,1H3. The van der Waals surface area contributed by atoms with Crippen LogP contribution in [0.15, 0.2) is 42.5 Å². The van der Waals surface area contributed by atoms with Crippen LogP contribution in [0.5, 0.6) is 11.5 Å². The summed E-state index contributed by atoms with van der Waals surface area (Å²) in [5.74, 6) is 0.248. The van der Waals surface area contributed by atoms with Crippen molar-refractivity contribution in [1.82, 2.24) is 0 Å². The van der Waals surface area contributed by atoms with Crippen LogP contribution in [0.4, 0.5) is 0 Å². The Balaban J connectivity index is 1.92. The van der Waals surface area contributed by atoms with Gasteiger partial charge in [-0.05, 0) is 48.9 Å². The zero-order chi connectivity index (χ0) is 15.2. The highest BCUT2D eigenvalue weighted by Gasteiger charge is 2.09. The van der Waals surface area contributed by atoms with Gasteiger partial charge in [0.25, 0.3) is 0 Å². The third kappa shape index (κ3) is 4.23. The minimum atomic E-state index is -0.549. The topological polar surface area (TPSA) is 59.3 Å². The van der Waals surface area contributed by atoms with Crippen molar-refractivity contribution in [2.45, 2.75) is 6.92 Å². The van der Waals surface area contributed by atoms with E-state index in [1.54, 1.807) is 36.4 Å². The molecule has 0 N–H and O–H groups in total. The maximum Gasteiger partial charge on any atom is 0.349 e. The van der Waals surface area contributed by atoms with Gasteiger partial charge in [-0.2, -0.15) is 5.26 Å². The van der Waals surface area contributed by atoms with Crippen molar-refractivity contribution in [3.8, 4) is 17.6 Å². The molecule has 4 nitrogen and oxygen atoms in total. The second-order valence-corrected chi connectivity index (χ2v) is 4.74. The molecule has 0 saturated carbocycles. The summed E-state index contributed by atoms with van der Waals surface area (Å²) in [6.45, 7) is 1.64. The van der Waals surface area contributed by atoms with Crippen molar-refractivity contribution in [2.75, 3.05) is 6.61 Å². The molecular formula is C16H12ClNO3. The average Bonchev–Trinajstić information content (AvgIpc) is 2.49. The van der Waals surface area contributed by atoms with Crippen LogP contribution in [-0.4, -0.2) is 12.6 Å². The van der Waals surface area contributed by atoms with Crippen molar-refractivity contribution >= 4 is 17.6 Å². The number of hydrogen-bond acceptors (Lipinski definition) is 4. The Bertz CT molecular complexity index is 690. The van der Waals surface area contributed by atoms with Gasteiger partial charge in [-0.3, -0.25) is 0 Å². The van der Waals surface area contributed by atoms with Gasteiger partial charge >= 0.3 is 5.97 Å². The molecule has 0 unspecified atom stereocenters. The van der Waals surface area contributed by atoms with E-state index in [-0.39, 0.29) is 6.61 Å². The molecule has 0 bridgehead atoms. The second kappa shape index (κ2) is 6.78. The first-order chi connectivity index (χ1) is 10.1. The number of ether oxygens (including phenoxy) is 2. The Morgan fingerprint density at radius 1 is 1.24 bits per heavy atom. The Morgan fingerprint density at radius 3 is 2.62 bits per heavy atom. The SMILES string of the molecule is Cc1ccc(Cl)c(OC(=O)COc2ccc(C#N)cc2)c1. The molecule has 0 atom stereocenters. The van der Waals surface area contributed by atoms with E-state index in [9.17, 15) is 4.79 Å². The van der Waals surface area contributed by atoms with Crippen LogP contribution in [0.1, 0.15) is 11.1 Å². The first kappa shape index (κ1) is 14.9. The maximum absolute atomic E-state index is 11.7. The monoisotopic (exact) mass is 301 g/mol. The quantitative estimate of drug-likeness (QED) is 0.640. The summed E-state index contributed by atoms with van der Waals surface area (Å²) < 4.78 is 10.4. The Morgan fingerprint density at radius 2 is 1.95 bits per heavy atom. The fraction of sp³-hybridized carbons (Fsp3) is 0.125. The van der Waals surface area contributed by atoms with Gasteiger partial charge in [-0.25, -0.2) is 4.79 Å². The molecule has 0 aliphatic heterocycles. The van der Waals surface area contributed by atoms with Crippen LogP contribution < -0.4 is 9.47 Å². The normalized spacial score (nSPS) is 9.76. The van der Waals surface area contributed by atoms with E-state index in [1.807, 2.05) is 19.1 Å². The third-order valence-corrected chi connectivity index (χ3v) is 2.96. The molecular weight excluding hydrogens is 290 g/mol. The summed E-state index contributed by atoms with van der Waals surface area (Å²) in [4.78, 5) is 11.7. The molecule has 2 aromatic carbocycles. The average molecular weight is 302 g/mol. The molecule has 0 spiro atoms. The fourth-order valence-electron chi connectivity index (χ4n) is 1.61. The summed E-state index contributed by atoms with van der Waals surface area (Å²) in [5, 5.41) is 9.05. The van der Waals surface area contributed by atoms with Crippen LogP contribution >= 0.6 is 11.6 Å². The third-order valence-electron chi connectivity index (χ3n) is 2.65. The molecule has 2 rings (SSSR count). The van der Waals surface area contributed by atoms with E-state index in [1.165, 1.54) is 0 Å². The van der Waals surface area contributed by atoms with E-state index >= 15 is 0 Å². The van der Waals surface area contributed by atoms with Crippen LogP contribution in [-0.2, 0) is 4.79 Å². The number of nitrogens with zero attached hydrogens (tertiary/aromatic N) is 1. The maximum atomic E-state index is 11.7. The number of esters is 1. The molecule has 0 aliphatic rings. The van der Waals surface area contributed by atoms with Crippen LogP contribution in [0.3, 0.4) is 0 Å². The van der Waals surface area contributed by atoms with Gasteiger partial charge in [-0.1, -0.05) is 17.7 Å². The zero-order valence-corrected chi connectivity index (χ0v) is 12.1. The van der Waals surface area contributed by atoms with Gasteiger partial charge in [0, 0.05) is 0 Å². The minimum Gasteiger partial charge on any atom is -0.482 e. The van der Waals surface area contributed by atoms with Crippen LogP contribution in [0.25, 0.3) is 0 Å². The van der Waals surface area contributed by atoms with Crippen molar-refractivity contribution in [2.24, 2.45) is 0 Å². The van der Waals surface area contributed by atoms with Gasteiger partial charge in [0.15, 0.2) is 6.61 Å². The minimum absolute atomic E-state index is 0.240. The van der Waals surface area contributed by atoms with Gasteiger partial charge < -0.3 is 9.47 Å². The lowest BCUT2D eigenvalue weighted by molar-refractivity contribution is -0.136. The summed E-state index contributed by atoms with van der Waals surface area (Å²) in [6, 6.07) is 13.6. The molecule has 21 heavy (non-hydrogen) atoms. The van der Waals surface area contributed by atoms with Crippen LogP contribution in [0.2, 0.25) is 5.02 Å². The van der Waals surface area contributed by atoms with Gasteiger partial charge in [-0.15, -0.1) is 0 Å². The molecule has 0 aliphatic carbocycles. The molecule has 5 heteroatoms. The number of benzene rings is 2. The van der Waals surface area contributed by atoms with Crippen molar-refractivity contribution in [1.29, 1.82) is 5.26 Å². The van der Waals surface area contributed by atoms with Crippen molar-refractivity contribution in [3.63, 3.8) is 0 Å². The molecule has 0 radical (unpaired) electrons. The van der Waals surface area contributed by atoms with E-state index < -0.39 is 5.97 Å². The van der Waals surface area contributed by atoms with E-state index in [0.717, 1.165) is 5.56 Å². The highest BCUT2D eigenvalue weighted by Crippen LogP contribution is 2.25.